The lowest BCUT2D eigenvalue weighted by molar-refractivity contribution is -0.145. The zero-order chi connectivity index (χ0) is 15.4. The van der Waals surface area contributed by atoms with Gasteiger partial charge in [-0.15, -0.1) is 0 Å². The van der Waals surface area contributed by atoms with Crippen molar-refractivity contribution in [1.82, 2.24) is 5.32 Å². The normalized spacial score (nSPS) is 15.7. The van der Waals surface area contributed by atoms with Crippen molar-refractivity contribution in [3.63, 3.8) is 0 Å². The van der Waals surface area contributed by atoms with Gasteiger partial charge >= 0.3 is 5.97 Å². The molecular weight excluding hydrogens is 242 g/mol. The monoisotopic (exact) mass is 271 g/mol. The summed E-state index contributed by atoms with van der Waals surface area (Å²) in [7, 11) is 0. The van der Waals surface area contributed by atoms with Gasteiger partial charge < -0.3 is 10.4 Å². The van der Waals surface area contributed by atoms with Gasteiger partial charge in [-0.25, -0.2) is 4.79 Å². The third-order valence-electron chi connectivity index (χ3n) is 2.91. The molecule has 0 bridgehead atoms. The summed E-state index contributed by atoms with van der Waals surface area (Å²) < 4.78 is 0. The second-order valence-electron chi connectivity index (χ2n) is 7.78. The van der Waals surface area contributed by atoms with Crippen molar-refractivity contribution in [2.75, 3.05) is 0 Å². The van der Waals surface area contributed by atoms with Gasteiger partial charge in [-0.3, -0.25) is 4.79 Å². The molecule has 0 aliphatic heterocycles. The van der Waals surface area contributed by atoms with Crippen molar-refractivity contribution in [3.05, 3.63) is 0 Å². The SMILES string of the molecule is CC(CC(=O)NC(C(=O)O)C(C)(C)C)CC(C)(C)C. The van der Waals surface area contributed by atoms with Crippen molar-refractivity contribution in [1.29, 1.82) is 0 Å². The van der Waals surface area contributed by atoms with Crippen molar-refractivity contribution >= 4 is 11.9 Å². The molecule has 0 heterocycles. The second-order valence-corrected chi connectivity index (χ2v) is 7.78. The molecule has 4 heteroatoms. The highest BCUT2D eigenvalue weighted by Gasteiger charge is 2.32. The molecule has 2 atom stereocenters. The largest absolute Gasteiger partial charge is 0.480 e. The molecule has 112 valence electrons. The lowest BCUT2D eigenvalue weighted by Gasteiger charge is -2.29. The van der Waals surface area contributed by atoms with Crippen LogP contribution in [0.15, 0.2) is 0 Å². The van der Waals surface area contributed by atoms with Crippen LogP contribution in [-0.2, 0) is 9.59 Å². The Hall–Kier alpha value is -1.06. The van der Waals surface area contributed by atoms with E-state index in [9.17, 15) is 9.59 Å². The number of carboxylic acids is 1. The molecule has 0 aromatic rings. The molecule has 2 N–H and O–H groups in total. The lowest BCUT2D eigenvalue weighted by Crippen LogP contribution is -2.49. The Morgan fingerprint density at radius 2 is 1.58 bits per heavy atom. The highest BCUT2D eigenvalue weighted by atomic mass is 16.4. The first kappa shape index (κ1) is 17.9. The maximum atomic E-state index is 11.9. The van der Waals surface area contributed by atoms with Gasteiger partial charge in [0.25, 0.3) is 0 Å². The number of aliphatic carboxylic acids is 1. The smallest absolute Gasteiger partial charge is 0.326 e. The summed E-state index contributed by atoms with van der Waals surface area (Å²) in [6, 6.07) is -0.846. The molecule has 0 aromatic heterocycles. The van der Waals surface area contributed by atoms with E-state index in [2.05, 4.69) is 26.1 Å². The molecule has 0 radical (unpaired) electrons. The van der Waals surface area contributed by atoms with E-state index in [1.54, 1.807) is 0 Å². The maximum Gasteiger partial charge on any atom is 0.326 e. The van der Waals surface area contributed by atoms with E-state index in [-0.39, 0.29) is 17.2 Å². The van der Waals surface area contributed by atoms with E-state index in [1.807, 2.05) is 27.7 Å². The van der Waals surface area contributed by atoms with Crippen LogP contribution in [0.5, 0.6) is 0 Å². The highest BCUT2D eigenvalue weighted by molar-refractivity contribution is 5.84. The lowest BCUT2D eigenvalue weighted by atomic mass is 9.83. The molecule has 0 aromatic carbocycles. The summed E-state index contributed by atoms with van der Waals surface area (Å²) in [4.78, 5) is 23.1. The summed E-state index contributed by atoms with van der Waals surface area (Å²) in [5.74, 6) is -0.919. The van der Waals surface area contributed by atoms with Crippen LogP contribution in [-0.4, -0.2) is 23.0 Å². The molecule has 2 unspecified atom stereocenters. The zero-order valence-corrected chi connectivity index (χ0v) is 13.3. The number of amides is 1. The van der Waals surface area contributed by atoms with Crippen molar-refractivity contribution in [2.24, 2.45) is 16.7 Å². The first-order chi connectivity index (χ1) is 8.33. The van der Waals surface area contributed by atoms with Gasteiger partial charge in [-0.1, -0.05) is 48.5 Å². The number of carboxylic acid groups (broad SMARTS) is 1. The molecule has 0 aliphatic rings. The van der Waals surface area contributed by atoms with Gasteiger partial charge in [-0.05, 0) is 23.2 Å². The minimum atomic E-state index is -0.982. The molecule has 0 rings (SSSR count). The Kier molecular flexibility index (Phi) is 6.04. The van der Waals surface area contributed by atoms with Crippen LogP contribution in [0.25, 0.3) is 0 Å². The molecule has 0 aliphatic carbocycles. The summed E-state index contributed by atoms with van der Waals surface area (Å²) in [6.45, 7) is 13.9. The van der Waals surface area contributed by atoms with Crippen molar-refractivity contribution in [2.45, 2.75) is 67.3 Å². The predicted octanol–water partition coefficient (Wildman–Crippen LogP) is 3.06. The molecule has 0 fully saturated rings. The van der Waals surface area contributed by atoms with Gasteiger partial charge in [0.05, 0.1) is 0 Å². The zero-order valence-electron chi connectivity index (χ0n) is 13.3. The van der Waals surface area contributed by atoms with E-state index < -0.39 is 17.4 Å². The summed E-state index contributed by atoms with van der Waals surface area (Å²) in [5, 5.41) is 11.8. The van der Waals surface area contributed by atoms with E-state index in [1.165, 1.54) is 0 Å². The van der Waals surface area contributed by atoms with Crippen LogP contribution >= 0.6 is 0 Å². The van der Waals surface area contributed by atoms with Crippen LogP contribution in [0.2, 0.25) is 0 Å². The Labute approximate surface area is 117 Å². The van der Waals surface area contributed by atoms with Crippen LogP contribution in [0, 0.1) is 16.7 Å². The van der Waals surface area contributed by atoms with Crippen molar-refractivity contribution in [3.8, 4) is 0 Å². The number of carbonyl (C=O) groups excluding carboxylic acids is 1. The fourth-order valence-electron chi connectivity index (χ4n) is 2.30. The third-order valence-corrected chi connectivity index (χ3v) is 2.91. The molecule has 0 saturated heterocycles. The van der Waals surface area contributed by atoms with E-state index >= 15 is 0 Å². The molecule has 0 spiro atoms. The average Bonchev–Trinajstić information content (AvgIpc) is 2.07. The predicted molar refractivity (Wildman–Crippen MR) is 76.9 cm³/mol. The Bertz CT molecular complexity index is 323. The van der Waals surface area contributed by atoms with Gasteiger partial charge in [0.15, 0.2) is 0 Å². The Balaban J connectivity index is 4.48. The topological polar surface area (TPSA) is 66.4 Å². The number of carbonyl (C=O) groups is 2. The molecule has 1 amide bonds. The Morgan fingerprint density at radius 1 is 1.11 bits per heavy atom. The number of hydrogen-bond acceptors (Lipinski definition) is 2. The second kappa shape index (κ2) is 6.40. The standard InChI is InChI=1S/C15H29NO3/c1-10(9-14(2,3)4)8-11(17)16-12(13(18)19)15(5,6)7/h10,12H,8-9H2,1-7H3,(H,16,17)(H,18,19). The Morgan fingerprint density at radius 3 is 1.89 bits per heavy atom. The summed E-state index contributed by atoms with van der Waals surface area (Å²) >= 11 is 0. The van der Waals surface area contributed by atoms with E-state index in [0.29, 0.717) is 6.42 Å². The minimum Gasteiger partial charge on any atom is -0.480 e. The minimum absolute atomic E-state index is 0.177. The van der Waals surface area contributed by atoms with Gasteiger partial charge in [0.1, 0.15) is 6.04 Å². The molecular formula is C15H29NO3. The average molecular weight is 271 g/mol. The molecule has 0 saturated carbocycles. The van der Waals surface area contributed by atoms with E-state index in [0.717, 1.165) is 6.42 Å². The quantitative estimate of drug-likeness (QED) is 0.807. The fraction of sp³-hybridized carbons (Fsp3) is 0.867. The maximum absolute atomic E-state index is 11.9. The van der Waals surface area contributed by atoms with Crippen LogP contribution < -0.4 is 5.32 Å². The highest BCUT2D eigenvalue weighted by Crippen LogP contribution is 2.26. The number of hydrogen-bond donors (Lipinski definition) is 2. The van der Waals surface area contributed by atoms with Gasteiger partial charge in [0.2, 0.25) is 5.91 Å². The number of nitrogens with one attached hydrogen (secondary N) is 1. The van der Waals surface area contributed by atoms with Crippen LogP contribution in [0.3, 0.4) is 0 Å². The summed E-state index contributed by atoms with van der Waals surface area (Å²) in [6.07, 6.45) is 1.31. The first-order valence-corrected chi connectivity index (χ1v) is 6.85. The third kappa shape index (κ3) is 7.85. The molecule has 4 nitrogen and oxygen atoms in total. The van der Waals surface area contributed by atoms with E-state index in [4.69, 9.17) is 5.11 Å². The summed E-state index contributed by atoms with van der Waals surface area (Å²) in [5.41, 5.74) is -0.315. The van der Waals surface area contributed by atoms with Crippen LogP contribution in [0.4, 0.5) is 0 Å². The van der Waals surface area contributed by atoms with Crippen LogP contribution in [0.1, 0.15) is 61.3 Å². The van der Waals surface area contributed by atoms with Crippen molar-refractivity contribution < 1.29 is 14.7 Å². The van der Waals surface area contributed by atoms with Gasteiger partial charge in [-0.2, -0.15) is 0 Å². The first-order valence-electron chi connectivity index (χ1n) is 6.85. The van der Waals surface area contributed by atoms with Gasteiger partial charge in [0, 0.05) is 6.42 Å². The number of rotatable bonds is 5. The molecule has 19 heavy (non-hydrogen) atoms. The fourth-order valence-corrected chi connectivity index (χ4v) is 2.30.